The van der Waals surface area contributed by atoms with Crippen LogP contribution >= 0.6 is 0 Å². The summed E-state index contributed by atoms with van der Waals surface area (Å²) < 4.78 is 27.3. The fraction of sp³-hybridized carbons (Fsp3) is 0.368. The third-order valence-corrected chi connectivity index (χ3v) is 6.59. The van der Waals surface area contributed by atoms with Gasteiger partial charge < -0.3 is 4.90 Å². The van der Waals surface area contributed by atoms with Gasteiger partial charge in [0.1, 0.15) is 0 Å². The molecule has 1 heterocycles. The number of piperazine rings is 1. The molecular weight excluding hydrogens is 364 g/mol. The predicted molar refractivity (Wildman–Crippen MR) is 102 cm³/mol. The molecule has 142 valence electrons. The Kier molecular flexibility index (Phi) is 5.75. The van der Waals surface area contributed by atoms with Gasteiger partial charge in [0.15, 0.2) is 0 Å². The maximum absolute atomic E-state index is 12.9. The van der Waals surface area contributed by atoms with Gasteiger partial charge in [-0.1, -0.05) is 30.3 Å². The number of nitriles is 1. The highest BCUT2D eigenvalue weighted by Gasteiger charge is 2.30. The fourth-order valence-corrected chi connectivity index (χ4v) is 4.62. The van der Waals surface area contributed by atoms with Crippen LogP contribution in [-0.4, -0.2) is 74.7 Å². The SMILES string of the molecule is CN(CC#N)CC(=O)N1CCN(S(=O)(=O)c2ccc3ccccc3c2)CC1. The van der Waals surface area contributed by atoms with Gasteiger partial charge in [0, 0.05) is 26.2 Å². The highest BCUT2D eigenvalue weighted by Crippen LogP contribution is 2.22. The Morgan fingerprint density at radius 3 is 2.44 bits per heavy atom. The molecule has 0 spiro atoms. The van der Waals surface area contributed by atoms with Crippen molar-refractivity contribution < 1.29 is 13.2 Å². The second kappa shape index (κ2) is 8.05. The Morgan fingerprint density at radius 1 is 1.11 bits per heavy atom. The molecule has 0 aromatic heterocycles. The van der Waals surface area contributed by atoms with Crippen LogP contribution in [0.25, 0.3) is 10.8 Å². The van der Waals surface area contributed by atoms with E-state index in [2.05, 4.69) is 0 Å². The Balaban J connectivity index is 1.67. The van der Waals surface area contributed by atoms with Crippen LogP contribution in [0.5, 0.6) is 0 Å². The number of hydrogen-bond acceptors (Lipinski definition) is 5. The minimum Gasteiger partial charge on any atom is -0.339 e. The standard InChI is InChI=1S/C19H22N4O3S/c1-21(9-8-20)15-19(24)22-10-12-23(13-11-22)27(25,26)18-7-6-16-4-2-3-5-17(16)14-18/h2-7,14H,9-13,15H2,1H3. The van der Waals surface area contributed by atoms with E-state index >= 15 is 0 Å². The zero-order valence-electron chi connectivity index (χ0n) is 15.2. The summed E-state index contributed by atoms with van der Waals surface area (Å²) in [6, 6.07) is 14.8. The lowest BCUT2D eigenvalue weighted by Crippen LogP contribution is -2.52. The van der Waals surface area contributed by atoms with Gasteiger partial charge in [-0.2, -0.15) is 9.57 Å². The van der Waals surface area contributed by atoms with Crippen LogP contribution in [0.3, 0.4) is 0 Å². The topological polar surface area (TPSA) is 84.7 Å². The number of benzene rings is 2. The number of likely N-dealkylation sites (N-methyl/N-ethyl adjacent to an activating group) is 1. The van der Waals surface area contributed by atoms with E-state index in [1.54, 1.807) is 29.0 Å². The smallest absolute Gasteiger partial charge is 0.243 e. The van der Waals surface area contributed by atoms with Gasteiger partial charge in [-0.3, -0.25) is 9.69 Å². The zero-order valence-corrected chi connectivity index (χ0v) is 16.0. The first kappa shape index (κ1) is 19.3. The van der Waals surface area contributed by atoms with Gasteiger partial charge in [-0.15, -0.1) is 0 Å². The van der Waals surface area contributed by atoms with Crippen molar-refractivity contribution in [3.05, 3.63) is 42.5 Å². The molecule has 0 aliphatic carbocycles. The summed E-state index contributed by atoms with van der Waals surface area (Å²) in [5.74, 6) is -0.0875. The van der Waals surface area contributed by atoms with E-state index in [9.17, 15) is 13.2 Å². The quantitative estimate of drug-likeness (QED) is 0.719. The van der Waals surface area contributed by atoms with Gasteiger partial charge in [0.25, 0.3) is 0 Å². The average molecular weight is 386 g/mol. The molecule has 0 saturated carbocycles. The second-order valence-electron chi connectivity index (χ2n) is 6.62. The highest BCUT2D eigenvalue weighted by atomic mass is 32.2. The minimum atomic E-state index is -3.59. The van der Waals surface area contributed by atoms with Crippen LogP contribution in [0.15, 0.2) is 47.4 Å². The van der Waals surface area contributed by atoms with Gasteiger partial charge in [-0.05, 0) is 30.0 Å². The molecule has 1 amide bonds. The van der Waals surface area contributed by atoms with Crippen LogP contribution in [0.4, 0.5) is 0 Å². The molecule has 1 aliphatic heterocycles. The summed E-state index contributed by atoms with van der Waals surface area (Å²) >= 11 is 0. The first-order valence-electron chi connectivity index (χ1n) is 8.74. The van der Waals surface area contributed by atoms with Crippen molar-refractivity contribution in [3.63, 3.8) is 0 Å². The lowest BCUT2D eigenvalue weighted by Gasteiger charge is -2.34. The largest absolute Gasteiger partial charge is 0.339 e. The molecule has 8 heteroatoms. The molecule has 27 heavy (non-hydrogen) atoms. The number of nitrogens with zero attached hydrogens (tertiary/aromatic N) is 4. The average Bonchev–Trinajstić information content (AvgIpc) is 2.67. The summed E-state index contributed by atoms with van der Waals surface area (Å²) in [7, 11) is -1.88. The molecule has 0 radical (unpaired) electrons. The summed E-state index contributed by atoms with van der Waals surface area (Å²) in [5.41, 5.74) is 0. The van der Waals surface area contributed by atoms with Gasteiger partial charge in [-0.25, -0.2) is 8.42 Å². The van der Waals surface area contributed by atoms with Crippen LogP contribution in [0, 0.1) is 11.3 Å². The monoisotopic (exact) mass is 386 g/mol. The van der Waals surface area contributed by atoms with Crippen molar-refractivity contribution in [2.75, 3.05) is 46.3 Å². The first-order valence-corrected chi connectivity index (χ1v) is 10.2. The van der Waals surface area contributed by atoms with E-state index < -0.39 is 10.0 Å². The van der Waals surface area contributed by atoms with Crippen LogP contribution in [0.1, 0.15) is 0 Å². The van der Waals surface area contributed by atoms with E-state index in [-0.39, 0.29) is 37.0 Å². The number of fused-ring (bicyclic) bond motifs is 1. The van der Waals surface area contributed by atoms with Crippen LogP contribution in [-0.2, 0) is 14.8 Å². The van der Waals surface area contributed by atoms with Crippen molar-refractivity contribution in [2.45, 2.75) is 4.90 Å². The molecule has 2 aromatic carbocycles. The maximum atomic E-state index is 12.9. The van der Waals surface area contributed by atoms with E-state index in [1.807, 2.05) is 36.4 Å². The Hall–Kier alpha value is -2.47. The van der Waals surface area contributed by atoms with Gasteiger partial charge >= 0.3 is 0 Å². The summed E-state index contributed by atoms with van der Waals surface area (Å²) in [6.07, 6.45) is 0. The minimum absolute atomic E-state index is 0.0875. The number of rotatable bonds is 5. The van der Waals surface area contributed by atoms with Gasteiger partial charge in [0.05, 0.1) is 24.1 Å². The molecule has 0 N–H and O–H groups in total. The Morgan fingerprint density at radius 2 is 1.78 bits per heavy atom. The summed E-state index contributed by atoms with van der Waals surface area (Å²) in [4.78, 5) is 15.8. The molecule has 7 nitrogen and oxygen atoms in total. The third-order valence-electron chi connectivity index (χ3n) is 4.70. The lowest BCUT2D eigenvalue weighted by molar-refractivity contribution is -0.133. The Bertz CT molecular complexity index is 976. The first-order chi connectivity index (χ1) is 12.9. The van der Waals surface area contributed by atoms with Crippen molar-refractivity contribution in [2.24, 2.45) is 0 Å². The molecule has 2 aromatic rings. The number of sulfonamides is 1. The molecule has 0 bridgehead atoms. The molecule has 3 rings (SSSR count). The second-order valence-corrected chi connectivity index (χ2v) is 8.56. The third kappa shape index (κ3) is 4.27. The van der Waals surface area contributed by atoms with Crippen molar-refractivity contribution >= 4 is 26.7 Å². The predicted octanol–water partition coefficient (Wildman–Crippen LogP) is 1.13. The van der Waals surface area contributed by atoms with Crippen molar-refractivity contribution in [1.82, 2.24) is 14.1 Å². The summed E-state index contributed by atoms with van der Waals surface area (Å²) in [5, 5.41) is 10.5. The molecular formula is C19H22N4O3S. The number of amides is 1. The molecule has 0 unspecified atom stereocenters. The highest BCUT2D eigenvalue weighted by molar-refractivity contribution is 7.89. The lowest BCUT2D eigenvalue weighted by atomic mass is 10.1. The normalized spacial score (nSPS) is 15.8. The molecule has 1 saturated heterocycles. The molecule has 1 aliphatic rings. The van der Waals surface area contributed by atoms with E-state index in [0.717, 1.165) is 10.8 Å². The maximum Gasteiger partial charge on any atom is 0.243 e. The van der Waals surface area contributed by atoms with Gasteiger partial charge in [0.2, 0.25) is 15.9 Å². The zero-order chi connectivity index (χ0) is 19.4. The van der Waals surface area contributed by atoms with Crippen LogP contribution < -0.4 is 0 Å². The number of carbonyl (C=O) groups is 1. The van der Waals surface area contributed by atoms with Crippen LogP contribution in [0.2, 0.25) is 0 Å². The van der Waals surface area contributed by atoms with Crippen molar-refractivity contribution in [3.8, 4) is 6.07 Å². The van der Waals surface area contributed by atoms with Crippen molar-refractivity contribution in [1.29, 1.82) is 5.26 Å². The van der Waals surface area contributed by atoms with E-state index in [4.69, 9.17) is 5.26 Å². The Labute approximate surface area is 159 Å². The molecule has 0 atom stereocenters. The molecule has 1 fully saturated rings. The fourth-order valence-electron chi connectivity index (χ4n) is 3.16. The summed E-state index contributed by atoms with van der Waals surface area (Å²) in [6.45, 7) is 1.58. The number of hydrogen-bond donors (Lipinski definition) is 0. The van der Waals surface area contributed by atoms with E-state index in [1.165, 1.54) is 4.31 Å². The number of carbonyl (C=O) groups excluding carboxylic acids is 1. The van der Waals surface area contributed by atoms with E-state index in [0.29, 0.717) is 13.1 Å².